The molecule has 1 amide bonds. The number of nitrogens with one attached hydrogen (secondary N) is 2. The monoisotopic (exact) mass is 399 g/mol. The normalized spacial score (nSPS) is 16.0. The van der Waals surface area contributed by atoms with E-state index in [-0.39, 0.29) is 17.8 Å². The fourth-order valence-corrected chi connectivity index (χ4v) is 4.65. The molecule has 8 heteroatoms. The minimum atomic E-state index is -0.722. The third-order valence-corrected chi connectivity index (χ3v) is 6.04. The third-order valence-electron chi connectivity index (χ3n) is 4.88. The number of hydrogen-bond donors (Lipinski definition) is 2. The van der Waals surface area contributed by atoms with Gasteiger partial charge >= 0.3 is 11.1 Å². The summed E-state index contributed by atoms with van der Waals surface area (Å²) in [5.74, 6) is 0.124. The summed E-state index contributed by atoms with van der Waals surface area (Å²) in [6.07, 6.45) is 0.701. The predicted molar refractivity (Wildman–Crippen MR) is 106 cm³/mol. The molecule has 2 heterocycles. The van der Waals surface area contributed by atoms with E-state index in [4.69, 9.17) is 0 Å². The van der Waals surface area contributed by atoms with Crippen molar-refractivity contribution >= 4 is 28.7 Å². The first-order chi connectivity index (χ1) is 13.5. The fraction of sp³-hybridized carbons (Fsp3) is 0.250. The SMILES string of the molecule is CCn1c(=O)c(=O)[nH]c2cc(C(=O)N[C@@H]3CCSc4c(F)cccc43)ccc21. The van der Waals surface area contributed by atoms with E-state index in [1.54, 1.807) is 31.2 Å². The maximum atomic E-state index is 14.0. The zero-order valence-corrected chi connectivity index (χ0v) is 15.9. The molecule has 2 aromatic carbocycles. The van der Waals surface area contributed by atoms with E-state index in [1.165, 1.54) is 22.4 Å². The highest BCUT2D eigenvalue weighted by molar-refractivity contribution is 7.99. The van der Waals surface area contributed by atoms with Gasteiger partial charge in [0.25, 0.3) is 5.91 Å². The van der Waals surface area contributed by atoms with Crippen LogP contribution in [0, 0.1) is 5.82 Å². The highest BCUT2D eigenvalue weighted by atomic mass is 32.2. The van der Waals surface area contributed by atoms with Gasteiger partial charge in [0, 0.05) is 22.8 Å². The van der Waals surface area contributed by atoms with Crippen LogP contribution in [-0.4, -0.2) is 21.2 Å². The van der Waals surface area contributed by atoms with Crippen molar-refractivity contribution in [2.75, 3.05) is 5.75 Å². The van der Waals surface area contributed by atoms with Gasteiger partial charge in [0.05, 0.1) is 17.1 Å². The Kier molecular flexibility index (Phi) is 4.80. The number of H-pyrrole nitrogens is 1. The summed E-state index contributed by atoms with van der Waals surface area (Å²) in [5.41, 5.74) is 0.778. The van der Waals surface area contributed by atoms with Crippen LogP contribution < -0.4 is 16.4 Å². The molecule has 3 aromatic rings. The van der Waals surface area contributed by atoms with Crippen LogP contribution in [0.1, 0.15) is 35.3 Å². The standard InChI is InChI=1S/C20H18FN3O3S/c1-2-24-16-7-6-11(10-15(16)23-19(26)20(24)27)18(25)22-14-8-9-28-17-12(14)4-3-5-13(17)21/h3-7,10,14H,2,8-9H2,1H3,(H,22,25)(H,23,26)/t14-/m1/s1. The number of rotatable bonds is 3. The van der Waals surface area contributed by atoms with E-state index in [0.29, 0.717) is 40.2 Å². The van der Waals surface area contributed by atoms with Crippen molar-refractivity contribution in [2.24, 2.45) is 0 Å². The van der Waals surface area contributed by atoms with Gasteiger partial charge in [-0.3, -0.25) is 14.4 Å². The second-order valence-electron chi connectivity index (χ2n) is 6.56. The predicted octanol–water partition coefficient (Wildman–Crippen LogP) is 2.82. The number of carbonyl (C=O) groups excluding carboxylic acids is 1. The van der Waals surface area contributed by atoms with Crippen LogP contribution in [0.4, 0.5) is 4.39 Å². The second-order valence-corrected chi connectivity index (χ2v) is 7.66. The summed E-state index contributed by atoms with van der Waals surface area (Å²) in [7, 11) is 0. The molecular formula is C20H18FN3O3S. The fourth-order valence-electron chi connectivity index (χ4n) is 3.51. The largest absolute Gasteiger partial charge is 0.345 e. The number of benzene rings is 2. The number of thioether (sulfide) groups is 1. The van der Waals surface area contributed by atoms with Gasteiger partial charge in [-0.15, -0.1) is 11.8 Å². The first-order valence-electron chi connectivity index (χ1n) is 8.98. The molecule has 0 radical (unpaired) electrons. The molecule has 144 valence electrons. The number of aromatic nitrogens is 2. The van der Waals surface area contributed by atoms with Gasteiger partial charge < -0.3 is 14.9 Å². The summed E-state index contributed by atoms with van der Waals surface area (Å²) >= 11 is 1.45. The van der Waals surface area contributed by atoms with Crippen molar-refractivity contribution in [3.8, 4) is 0 Å². The van der Waals surface area contributed by atoms with E-state index < -0.39 is 11.1 Å². The van der Waals surface area contributed by atoms with Crippen molar-refractivity contribution in [3.63, 3.8) is 0 Å². The van der Waals surface area contributed by atoms with Crippen LogP contribution in [0.15, 0.2) is 50.9 Å². The molecule has 2 N–H and O–H groups in total. The van der Waals surface area contributed by atoms with Crippen LogP contribution in [0.2, 0.25) is 0 Å². The maximum Gasteiger partial charge on any atom is 0.316 e. The average Bonchev–Trinajstić information content (AvgIpc) is 2.69. The van der Waals surface area contributed by atoms with Gasteiger partial charge in [-0.1, -0.05) is 12.1 Å². The van der Waals surface area contributed by atoms with Crippen molar-refractivity contribution in [1.29, 1.82) is 0 Å². The zero-order chi connectivity index (χ0) is 19.8. The highest BCUT2D eigenvalue weighted by Gasteiger charge is 2.25. The number of carbonyl (C=O) groups is 1. The first-order valence-corrected chi connectivity index (χ1v) is 9.97. The number of aryl methyl sites for hydroxylation is 1. The molecule has 0 saturated carbocycles. The van der Waals surface area contributed by atoms with Crippen LogP contribution in [0.5, 0.6) is 0 Å². The smallest absolute Gasteiger partial charge is 0.316 e. The summed E-state index contributed by atoms with van der Waals surface area (Å²) in [6, 6.07) is 9.43. The molecule has 0 aliphatic carbocycles. The van der Waals surface area contributed by atoms with Crippen molar-refractivity contribution in [3.05, 3.63) is 74.0 Å². The lowest BCUT2D eigenvalue weighted by molar-refractivity contribution is 0.0935. The Hall–Kier alpha value is -2.87. The van der Waals surface area contributed by atoms with Crippen LogP contribution in [-0.2, 0) is 6.54 Å². The van der Waals surface area contributed by atoms with Crippen molar-refractivity contribution < 1.29 is 9.18 Å². The molecule has 0 spiro atoms. The molecule has 4 rings (SSSR count). The Labute approximate surface area is 163 Å². The third kappa shape index (κ3) is 3.13. The molecule has 6 nitrogen and oxygen atoms in total. The lowest BCUT2D eigenvalue weighted by Gasteiger charge is -2.26. The first kappa shape index (κ1) is 18.5. The van der Waals surface area contributed by atoms with Gasteiger partial charge in [-0.25, -0.2) is 4.39 Å². The second kappa shape index (κ2) is 7.27. The molecule has 1 aliphatic rings. The van der Waals surface area contributed by atoms with Crippen molar-refractivity contribution in [1.82, 2.24) is 14.9 Å². The van der Waals surface area contributed by atoms with E-state index in [2.05, 4.69) is 10.3 Å². The van der Waals surface area contributed by atoms with Gasteiger partial charge in [0.15, 0.2) is 0 Å². The Morgan fingerprint density at radius 3 is 2.93 bits per heavy atom. The molecule has 1 aliphatic heterocycles. The number of amides is 1. The topological polar surface area (TPSA) is 84.0 Å². The lowest BCUT2D eigenvalue weighted by atomic mass is 10.0. The minimum absolute atomic E-state index is 0.276. The molecule has 1 atom stereocenters. The van der Waals surface area contributed by atoms with E-state index >= 15 is 0 Å². The van der Waals surface area contributed by atoms with Gasteiger partial charge in [0.2, 0.25) is 0 Å². The molecule has 0 unspecified atom stereocenters. The number of hydrogen-bond acceptors (Lipinski definition) is 4. The van der Waals surface area contributed by atoms with Crippen LogP contribution in [0.3, 0.4) is 0 Å². The van der Waals surface area contributed by atoms with Crippen molar-refractivity contribution in [2.45, 2.75) is 30.8 Å². The highest BCUT2D eigenvalue weighted by Crippen LogP contribution is 2.37. The number of nitrogens with zero attached hydrogens (tertiary/aromatic N) is 1. The van der Waals surface area contributed by atoms with E-state index in [0.717, 1.165) is 5.56 Å². The molecule has 28 heavy (non-hydrogen) atoms. The summed E-state index contributed by atoms with van der Waals surface area (Å²) in [4.78, 5) is 39.7. The lowest BCUT2D eigenvalue weighted by Crippen LogP contribution is -2.36. The Morgan fingerprint density at radius 1 is 1.32 bits per heavy atom. The van der Waals surface area contributed by atoms with Gasteiger partial charge in [0.1, 0.15) is 5.82 Å². The molecule has 0 fully saturated rings. The van der Waals surface area contributed by atoms with E-state index in [9.17, 15) is 18.8 Å². The Bertz CT molecular complexity index is 1200. The molecule has 0 bridgehead atoms. The van der Waals surface area contributed by atoms with E-state index in [1.807, 2.05) is 6.07 Å². The average molecular weight is 399 g/mol. The number of halogens is 1. The zero-order valence-electron chi connectivity index (χ0n) is 15.1. The number of aromatic amines is 1. The molecular weight excluding hydrogens is 381 g/mol. The van der Waals surface area contributed by atoms with Gasteiger partial charge in [-0.2, -0.15) is 0 Å². The molecule has 1 aromatic heterocycles. The minimum Gasteiger partial charge on any atom is -0.345 e. The molecule has 0 saturated heterocycles. The van der Waals surface area contributed by atoms with Gasteiger partial charge in [-0.05, 0) is 43.2 Å². The van der Waals surface area contributed by atoms with Crippen LogP contribution in [0.25, 0.3) is 11.0 Å². The number of fused-ring (bicyclic) bond motifs is 2. The van der Waals surface area contributed by atoms with Crippen LogP contribution >= 0.6 is 11.8 Å². The summed E-state index contributed by atoms with van der Waals surface area (Å²) < 4.78 is 15.4. The summed E-state index contributed by atoms with van der Waals surface area (Å²) in [6.45, 7) is 2.13. The summed E-state index contributed by atoms with van der Waals surface area (Å²) in [5, 5.41) is 2.96. The Balaban J connectivity index is 1.68. The Morgan fingerprint density at radius 2 is 2.14 bits per heavy atom. The quantitative estimate of drug-likeness (QED) is 0.664. The maximum absolute atomic E-state index is 14.0.